The first kappa shape index (κ1) is 59.8. The quantitative estimate of drug-likeness (QED) is 0.0196. The van der Waals surface area contributed by atoms with E-state index in [0.717, 1.165) is 35.1 Å². The molecule has 420 valence electrons. The number of methoxy groups -OCH3 is 2. The molecule has 1 aliphatic heterocycles. The van der Waals surface area contributed by atoms with Crippen LogP contribution in [0.5, 0.6) is 0 Å². The van der Waals surface area contributed by atoms with Crippen LogP contribution in [-0.2, 0) is 47.7 Å². The average Bonchev–Trinajstić information content (AvgIpc) is 4.10. The predicted molar refractivity (Wildman–Crippen MR) is 293 cm³/mol. The fraction of sp³-hybridized carbons (Fsp3) is 0.456. The zero-order valence-electron chi connectivity index (χ0n) is 45.2. The lowest BCUT2D eigenvalue weighted by molar-refractivity contribution is -0.122. The minimum Gasteiger partial charge on any atom is -0.448 e. The topological polar surface area (TPSA) is 257 Å². The summed E-state index contributed by atoms with van der Waals surface area (Å²) in [6, 6.07) is 15.1. The first-order valence-electron chi connectivity index (χ1n) is 26.5. The van der Waals surface area contributed by atoms with Crippen LogP contribution in [0.25, 0.3) is 22.8 Å². The van der Waals surface area contributed by atoms with E-state index in [2.05, 4.69) is 36.9 Å². The van der Waals surface area contributed by atoms with Crippen LogP contribution < -0.4 is 31.9 Å². The fourth-order valence-corrected chi connectivity index (χ4v) is 9.20. The molecule has 6 rings (SSSR count). The second-order valence-electron chi connectivity index (χ2n) is 18.9. The zero-order valence-corrected chi connectivity index (χ0v) is 45.2. The number of H-pyrrole nitrogens is 1. The van der Waals surface area contributed by atoms with Gasteiger partial charge in [0.1, 0.15) is 12.4 Å². The molecule has 21 heteroatoms. The van der Waals surface area contributed by atoms with Crippen molar-refractivity contribution in [2.24, 2.45) is 0 Å². The Morgan fingerprint density at radius 1 is 0.667 bits per heavy atom. The van der Waals surface area contributed by atoms with Crippen molar-refractivity contribution in [2.75, 3.05) is 109 Å². The van der Waals surface area contributed by atoms with Gasteiger partial charge in [0.2, 0.25) is 23.6 Å². The summed E-state index contributed by atoms with van der Waals surface area (Å²) in [6.45, 7) is 9.40. The highest BCUT2D eigenvalue weighted by Gasteiger charge is 2.32. The highest BCUT2D eigenvalue weighted by atomic mass is 19.1. The Morgan fingerprint density at radius 3 is 1.78 bits per heavy atom. The van der Waals surface area contributed by atoms with Gasteiger partial charge in [-0.1, -0.05) is 12.1 Å². The molecule has 1 aromatic heterocycles. The number of benzene rings is 3. The number of rotatable bonds is 32. The number of aromatic nitrogens is 1. The van der Waals surface area contributed by atoms with Crippen LogP contribution in [0.2, 0.25) is 0 Å². The van der Waals surface area contributed by atoms with Crippen molar-refractivity contribution in [2.45, 2.75) is 78.1 Å². The number of carbonyl (C=O) groups is 7. The van der Waals surface area contributed by atoms with E-state index < -0.39 is 23.7 Å². The highest BCUT2D eigenvalue weighted by Crippen LogP contribution is 2.47. The fourth-order valence-electron chi connectivity index (χ4n) is 9.20. The van der Waals surface area contributed by atoms with Gasteiger partial charge in [-0.2, -0.15) is 0 Å². The van der Waals surface area contributed by atoms with Gasteiger partial charge >= 0.3 is 6.09 Å². The van der Waals surface area contributed by atoms with Crippen molar-refractivity contribution in [3.8, 4) is 11.1 Å². The molecular formula is C57H73FN8O12. The molecule has 1 aliphatic carbocycles. The summed E-state index contributed by atoms with van der Waals surface area (Å²) in [6.07, 6.45) is 3.71. The number of carbonyl (C=O) groups excluding carboxylic acids is 7. The maximum absolute atomic E-state index is 14.1. The molecule has 0 unspecified atom stereocenters. The van der Waals surface area contributed by atoms with Gasteiger partial charge in [-0.25, -0.2) is 9.18 Å². The lowest BCUT2D eigenvalue weighted by atomic mass is 9.97. The summed E-state index contributed by atoms with van der Waals surface area (Å²) in [4.78, 5) is 95.9. The summed E-state index contributed by atoms with van der Waals surface area (Å²) in [5.41, 5.74) is 7.49. The molecule has 0 saturated heterocycles. The molecule has 0 saturated carbocycles. The SMILES string of the molecule is CCN(CCNC(=O)c1c(C)[nH]c(/C=C2\C(=O)Nc3ccc(F)cc32)c1C)C(=O)OCC1c2cc(NC(=O)CCCC(=O)NCCOCCCOC)ccc2-c2ccc(NC(=O)CCCC(=O)NCCOCCCOC)cc21. The van der Waals surface area contributed by atoms with Crippen LogP contribution in [0, 0.1) is 19.7 Å². The summed E-state index contributed by atoms with van der Waals surface area (Å²) >= 11 is 0. The van der Waals surface area contributed by atoms with E-state index in [-0.39, 0.29) is 87.0 Å². The Kier molecular flexibility index (Phi) is 23.4. The monoisotopic (exact) mass is 1080 g/mol. The molecule has 7 N–H and O–H groups in total. The van der Waals surface area contributed by atoms with E-state index in [1.54, 1.807) is 53.2 Å². The minimum atomic E-state index is -0.623. The smallest absolute Gasteiger partial charge is 0.409 e. The van der Waals surface area contributed by atoms with Gasteiger partial charge in [-0.15, -0.1) is 0 Å². The normalized spacial score (nSPS) is 12.8. The maximum atomic E-state index is 14.1. The van der Waals surface area contributed by atoms with Crippen LogP contribution in [-0.4, -0.2) is 145 Å². The molecule has 2 aliphatic rings. The van der Waals surface area contributed by atoms with E-state index in [1.165, 1.54) is 23.1 Å². The average molecular weight is 1080 g/mol. The molecule has 7 amide bonds. The van der Waals surface area contributed by atoms with Crippen LogP contribution in [0.15, 0.2) is 54.6 Å². The summed E-state index contributed by atoms with van der Waals surface area (Å²) < 4.78 is 41.1. The number of nitrogens with one attached hydrogen (secondary N) is 7. The predicted octanol–water partition coefficient (Wildman–Crippen LogP) is 6.82. The molecule has 78 heavy (non-hydrogen) atoms. The second kappa shape index (κ2) is 30.5. The Morgan fingerprint density at radius 2 is 1.23 bits per heavy atom. The highest BCUT2D eigenvalue weighted by molar-refractivity contribution is 6.35. The number of halogens is 1. The zero-order chi connectivity index (χ0) is 56.0. The standard InChI is InChI=1S/C57H73FN8O12/c1-6-66(24-21-61-56(72)54-36(2)49(62-37(54)3)34-46-45-31-38(58)15-20-48(45)65-55(46)71)57(73)78-35-47-43-32-39(63-52(69)13-7-11-50(67)59-22-29-76-27-9-25-74-4)16-18-41(43)42-19-17-40(33-44(42)47)64-53(70)14-8-12-51(68)60-23-30-77-28-10-26-75-5/h15-20,31-34,47,62H,6-14,21-30,35H2,1-5H3,(H,59,67)(H,60,68)(H,61,72)(H,63,69)(H,64,70)(H,65,71)/b46-34-. The lowest BCUT2D eigenvalue weighted by Gasteiger charge is -2.22. The van der Waals surface area contributed by atoms with Gasteiger partial charge in [0.05, 0.1) is 24.4 Å². The van der Waals surface area contributed by atoms with E-state index >= 15 is 0 Å². The van der Waals surface area contributed by atoms with Gasteiger partial charge in [0.15, 0.2) is 0 Å². The number of aromatic amines is 1. The van der Waals surface area contributed by atoms with Crippen LogP contribution >= 0.6 is 0 Å². The Labute approximate surface area is 454 Å². The van der Waals surface area contributed by atoms with Gasteiger partial charge in [-0.05, 0) is 123 Å². The minimum absolute atomic E-state index is 0.0865. The van der Waals surface area contributed by atoms with Crippen molar-refractivity contribution >= 4 is 70.2 Å². The van der Waals surface area contributed by atoms with E-state index in [9.17, 15) is 38.0 Å². The number of likely N-dealkylation sites (N-methyl/N-ethyl adjacent to an activating group) is 1. The van der Waals surface area contributed by atoms with Crippen molar-refractivity contribution in [1.29, 1.82) is 0 Å². The Hall–Kier alpha value is -7.46. The Balaban J connectivity index is 1.06. The third kappa shape index (κ3) is 17.3. The molecule has 2 heterocycles. The maximum Gasteiger partial charge on any atom is 0.409 e. The van der Waals surface area contributed by atoms with E-state index in [1.807, 2.05) is 24.3 Å². The molecule has 3 aromatic carbocycles. The van der Waals surface area contributed by atoms with Crippen LogP contribution in [0.1, 0.15) is 108 Å². The summed E-state index contributed by atoms with van der Waals surface area (Å²) in [7, 11) is 3.25. The van der Waals surface area contributed by atoms with Crippen LogP contribution in [0.3, 0.4) is 0 Å². The molecule has 0 radical (unpaired) electrons. The number of hydrogen-bond acceptors (Lipinski definition) is 12. The van der Waals surface area contributed by atoms with Crippen molar-refractivity contribution in [3.05, 3.63) is 99.6 Å². The van der Waals surface area contributed by atoms with Gasteiger partial charge < -0.3 is 65.5 Å². The Bertz CT molecular complexity index is 2700. The third-order valence-electron chi connectivity index (χ3n) is 13.2. The number of fused-ring (bicyclic) bond motifs is 4. The number of ether oxygens (including phenoxy) is 5. The number of nitrogens with zero attached hydrogens (tertiary/aromatic N) is 1. The molecule has 0 spiro atoms. The van der Waals surface area contributed by atoms with Crippen molar-refractivity contribution in [1.82, 2.24) is 25.8 Å². The second-order valence-corrected chi connectivity index (χ2v) is 18.9. The largest absolute Gasteiger partial charge is 0.448 e. The lowest BCUT2D eigenvalue weighted by Crippen LogP contribution is -2.39. The number of anilines is 3. The molecule has 20 nitrogen and oxygen atoms in total. The van der Waals surface area contributed by atoms with E-state index in [4.69, 9.17) is 23.7 Å². The molecule has 4 aromatic rings. The summed E-state index contributed by atoms with van der Waals surface area (Å²) in [5, 5.41) is 17.1. The van der Waals surface area contributed by atoms with Crippen molar-refractivity contribution in [3.63, 3.8) is 0 Å². The van der Waals surface area contributed by atoms with Gasteiger partial charge in [-0.3, -0.25) is 28.8 Å². The van der Waals surface area contributed by atoms with Crippen LogP contribution in [0.4, 0.5) is 26.2 Å². The van der Waals surface area contributed by atoms with E-state index in [0.29, 0.717) is 111 Å². The molecule has 0 bridgehead atoms. The number of amides is 7. The van der Waals surface area contributed by atoms with Gasteiger partial charge in [0, 0.05) is 139 Å². The third-order valence-corrected chi connectivity index (χ3v) is 13.2. The number of aryl methyl sites for hydroxylation is 1. The molecular weight excluding hydrogens is 1010 g/mol. The molecule has 0 atom stereocenters. The summed E-state index contributed by atoms with van der Waals surface area (Å²) in [5.74, 6) is -2.69. The van der Waals surface area contributed by atoms with Crippen molar-refractivity contribution < 1.29 is 61.6 Å². The van der Waals surface area contributed by atoms with Gasteiger partial charge in [0.25, 0.3) is 11.8 Å². The first-order chi connectivity index (χ1) is 37.7. The molecule has 0 fully saturated rings. The number of hydrogen-bond donors (Lipinski definition) is 7. The first-order valence-corrected chi connectivity index (χ1v) is 26.5.